The van der Waals surface area contributed by atoms with Crippen LogP contribution in [0.3, 0.4) is 0 Å². The Balaban J connectivity index is 2.04. The van der Waals surface area contributed by atoms with Crippen molar-refractivity contribution in [1.82, 2.24) is 9.97 Å². The largest absolute Gasteiger partial charge is 0.353 e. The average Bonchev–Trinajstić information content (AvgIpc) is 2.62. The first-order valence-electron chi connectivity index (χ1n) is 7.91. The Bertz CT molecular complexity index is 1000. The molecule has 0 spiro atoms. The summed E-state index contributed by atoms with van der Waals surface area (Å²) in [5.74, 6) is 0.0799. The van der Waals surface area contributed by atoms with Crippen molar-refractivity contribution < 1.29 is 4.92 Å². The highest BCUT2D eigenvalue weighted by Gasteiger charge is 2.24. The van der Waals surface area contributed by atoms with E-state index < -0.39 is 4.92 Å². The molecule has 2 aromatic carbocycles. The van der Waals surface area contributed by atoms with E-state index in [4.69, 9.17) is 23.2 Å². The minimum atomic E-state index is -0.547. The van der Waals surface area contributed by atoms with Gasteiger partial charge in [-0.3, -0.25) is 10.1 Å². The zero-order valence-electron chi connectivity index (χ0n) is 14.5. The van der Waals surface area contributed by atoms with E-state index in [2.05, 4.69) is 20.6 Å². The molecule has 0 aliphatic carbocycles. The standard InChI is InChI=1S/C18H15Cl2N5O2/c1-10-6-7-11(2)14(8-10)24-18-16(25(26)27)17(21-9-22-18)23-13-5-3-4-12(19)15(13)20/h3-9H,1-2H3,(H2,21,22,23,24). The fourth-order valence-electron chi connectivity index (χ4n) is 2.46. The van der Waals surface area contributed by atoms with Gasteiger partial charge in [0, 0.05) is 5.69 Å². The van der Waals surface area contributed by atoms with Crippen molar-refractivity contribution in [2.75, 3.05) is 10.6 Å². The van der Waals surface area contributed by atoms with E-state index in [9.17, 15) is 10.1 Å². The Hall–Kier alpha value is -2.90. The Labute approximate surface area is 165 Å². The number of aromatic nitrogens is 2. The van der Waals surface area contributed by atoms with Crippen LogP contribution in [-0.2, 0) is 0 Å². The Morgan fingerprint density at radius 1 is 1.00 bits per heavy atom. The summed E-state index contributed by atoms with van der Waals surface area (Å²) in [5, 5.41) is 18.2. The first-order valence-corrected chi connectivity index (χ1v) is 8.67. The molecule has 2 N–H and O–H groups in total. The fourth-order valence-corrected chi connectivity index (χ4v) is 2.81. The number of benzene rings is 2. The van der Waals surface area contributed by atoms with Gasteiger partial charge in [-0.15, -0.1) is 0 Å². The molecule has 0 saturated heterocycles. The molecule has 3 aromatic rings. The van der Waals surface area contributed by atoms with Crippen molar-refractivity contribution >= 4 is 51.9 Å². The summed E-state index contributed by atoms with van der Waals surface area (Å²) in [5.41, 5.74) is 2.78. The first kappa shape index (κ1) is 18.9. The van der Waals surface area contributed by atoms with Crippen molar-refractivity contribution in [3.63, 3.8) is 0 Å². The minimum absolute atomic E-state index is 0.00646. The summed E-state index contributed by atoms with van der Waals surface area (Å²) in [6, 6.07) is 10.7. The predicted octanol–water partition coefficient (Wildman–Crippen LogP) is 5.80. The van der Waals surface area contributed by atoms with Crippen LogP contribution in [0.15, 0.2) is 42.7 Å². The molecule has 1 aromatic heterocycles. The molecule has 9 heteroatoms. The van der Waals surface area contributed by atoms with Crippen LogP contribution in [0.5, 0.6) is 0 Å². The molecular weight excluding hydrogens is 389 g/mol. The molecule has 1 heterocycles. The number of rotatable bonds is 5. The van der Waals surface area contributed by atoms with E-state index >= 15 is 0 Å². The molecule has 0 fully saturated rings. The summed E-state index contributed by atoms with van der Waals surface area (Å²) in [4.78, 5) is 19.2. The second-order valence-corrected chi connectivity index (χ2v) is 6.63. The van der Waals surface area contributed by atoms with Crippen molar-refractivity contribution in [3.8, 4) is 0 Å². The number of hydrogen-bond acceptors (Lipinski definition) is 6. The van der Waals surface area contributed by atoms with Crippen molar-refractivity contribution in [2.24, 2.45) is 0 Å². The van der Waals surface area contributed by atoms with Gasteiger partial charge in [-0.1, -0.05) is 41.4 Å². The summed E-state index contributed by atoms with van der Waals surface area (Å²) in [6.07, 6.45) is 1.24. The Kier molecular flexibility index (Phi) is 5.43. The van der Waals surface area contributed by atoms with Gasteiger partial charge >= 0.3 is 5.69 Å². The van der Waals surface area contributed by atoms with E-state index in [0.717, 1.165) is 16.8 Å². The van der Waals surface area contributed by atoms with Gasteiger partial charge in [-0.25, -0.2) is 9.97 Å². The molecule has 3 rings (SSSR count). The maximum atomic E-state index is 11.7. The quantitative estimate of drug-likeness (QED) is 0.413. The smallest absolute Gasteiger partial charge is 0.334 e. The lowest BCUT2D eigenvalue weighted by atomic mass is 10.1. The highest BCUT2D eigenvalue weighted by atomic mass is 35.5. The lowest BCUT2D eigenvalue weighted by Gasteiger charge is -2.13. The normalized spacial score (nSPS) is 10.5. The van der Waals surface area contributed by atoms with Gasteiger partial charge < -0.3 is 10.6 Å². The molecule has 0 aliphatic rings. The lowest BCUT2D eigenvalue weighted by Crippen LogP contribution is -2.06. The molecule has 0 bridgehead atoms. The Morgan fingerprint density at radius 3 is 2.33 bits per heavy atom. The zero-order chi connectivity index (χ0) is 19.6. The molecule has 7 nitrogen and oxygen atoms in total. The summed E-state index contributed by atoms with van der Waals surface area (Å²) < 4.78 is 0. The predicted molar refractivity (Wildman–Crippen MR) is 108 cm³/mol. The van der Waals surface area contributed by atoms with E-state index in [0.29, 0.717) is 10.7 Å². The molecule has 0 atom stereocenters. The van der Waals surface area contributed by atoms with Gasteiger partial charge in [0.25, 0.3) is 0 Å². The maximum absolute atomic E-state index is 11.7. The average molecular weight is 404 g/mol. The highest BCUT2D eigenvalue weighted by molar-refractivity contribution is 6.43. The number of hydrogen-bond donors (Lipinski definition) is 2. The summed E-state index contributed by atoms with van der Waals surface area (Å²) >= 11 is 12.2. The molecule has 0 unspecified atom stereocenters. The van der Waals surface area contributed by atoms with Gasteiger partial charge in [0.2, 0.25) is 11.6 Å². The van der Waals surface area contributed by atoms with Crippen molar-refractivity contribution in [2.45, 2.75) is 13.8 Å². The number of aryl methyl sites for hydroxylation is 2. The van der Waals surface area contributed by atoms with Gasteiger partial charge in [-0.05, 0) is 43.2 Å². The van der Waals surface area contributed by atoms with Gasteiger partial charge in [0.15, 0.2) is 0 Å². The van der Waals surface area contributed by atoms with Crippen LogP contribution in [0.2, 0.25) is 10.0 Å². The maximum Gasteiger partial charge on any atom is 0.353 e. The Morgan fingerprint density at radius 2 is 1.67 bits per heavy atom. The third kappa shape index (κ3) is 4.10. The monoisotopic (exact) mass is 403 g/mol. The van der Waals surface area contributed by atoms with Crippen LogP contribution in [0.25, 0.3) is 0 Å². The second kappa shape index (κ2) is 7.77. The summed E-state index contributed by atoms with van der Waals surface area (Å²) in [7, 11) is 0. The number of halogens is 2. The third-order valence-electron chi connectivity index (χ3n) is 3.86. The molecule has 0 radical (unpaired) electrons. The molecule has 138 valence electrons. The molecule has 27 heavy (non-hydrogen) atoms. The number of anilines is 4. The molecule has 0 amide bonds. The van der Waals surface area contributed by atoms with E-state index in [-0.39, 0.29) is 22.3 Å². The first-order chi connectivity index (χ1) is 12.9. The lowest BCUT2D eigenvalue weighted by molar-refractivity contribution is -0.383. The van der Waals surface area contributed by atoms with E-state index in [1.54, 1.807) is 18.2 Å². The van der Waals surface area contributed by atoms with Crippen molar-refractivity contribution in [1.29, 1.82) is 0 Å². The van der Waals surface area contributed by atoms with Gasteiger partial charge in [-0.2, -0.15) is 0 Å². The molecule has 0 aliphatic heterocycles. The van der Waals surface area contributed by atoms with E-state index in [1.165, 1.54) is 6.33 Å². The van der Waals surface area contributed by atoms with Gasteiger partial charge in [0.1, 0.15) is 6.33 Å². The van der Waals surface area contributed by atoms with Crippen LogP contribution in [0, 0.1) is 24.0 Å². The fraction of sp³-hybridized carbons (Fsp3) is 0.111. The SMILES string of the molecule is Cc1ccc(C)c(Nc2ncnc(Nc3cccc(Cl)c3Cl)c2[N+](=O)[O-])c1. The minimum Gasteiger partial charge on any atom is -0.334 e. The van der Waals surface area contributed by atoms with Crippen LogP contribution >= 0.6 is 23.2 Å². The summed E-state index contributed by atoms with van der Waals surface area (Å²) in [6.45, 7) is 3.84. The molecule has 0 saturated carbocycles. The van der Waals surface area contributed by atoms with Crippen LogP contribution in [0.4, 0.5) is 28.7 Å². The van der Waals surface area contributed by atoms with Crippen LogP contribution in [-0.4, -0.2) is 14.9 Å². The van der Waals surface area contributed by atoms with Crippen LogP contribution in [0.1, 0.15) is 11.1 Å². The number of nitro groups is 1. The second-order valence-electron chi connectivity index (χ2n) is 5.85. The molecular formula is C18H15Cl2N5O2. The van der Waals surface area contributed by atoms with E-state index in [1.807, 2.05) is 32.0 Å². The number of nitrogens with one attached hydrogen (secondary N) is 2. The highest BCUT2D eigenvalue weighted by Crippen LogP contribution is 2.37. The third-order valence-corrected chi connectivity index (χ3v) is 4.67. The zero-order valence-corrected chi connectivity index (χ0v) is 16.0. The number of nitrogens with zero attached hydrogens (tertiary/aromatic N) is 3. The van der Waals surface area contributed by atoms with Crippen molar-refractivity contribution in [3.05, 3.63) is 74.0 Å². The van der Waals surface area contributed by atoms with Gasteiger partial charge in [0.05, 0.1) is 20.7 Å². The topological polar surface area (TPSA) is 93.0 Å². The van der Waals surface area contributed by atoms with Crippen LogP contribution < -0.4 is 10.6 Å².